The molecule has 0 saturated carbocycles. The fourth-order valence-corrected chi connectivity index (χ4v) is 3.19. The molecule has 0 spiro atoms. The predicted octanol–water partition coefficient (Wildman–Crippen LogP) is 3.22. The van der Waals surface area contributed by atoms with Crippen LogP contribution in [0.25, 0.3) is 5.65 Å². The van der Waals surface area contributed by atoms with Crippen molar-refractivity contribution in [1.29, 1.82) is 0 Å². The van der Waals surface area contributed by atoms with Crippen molar-refractivity contribution in [2.45, 2.75) is 25.6 Å². The first-order valence-electron chi connectivity index (χ1n) is 7.52. The third-order valence-electron chi connectivity index (χ3n) is 4.29. The third kappa shape index (κ3) is 2.16. The van der Waals surface area contributed by atoms with E-state index in [2.05, 4.69) is 10.2 Å². The lowest BCUT2D eigenvalue weighted by Crippen LogP contribution is -2.19. The van der Waals surface area contributed by atoms with E-state index >= 15 is 0 Å². The summed E-state index contributed by atoms with van der Waals surface area (Å²) in [7, 11) is 0. The average Bonchev–Trinajstić information content (AvgIpc) is 3.04. The molecular weight excluding hydrogens is 313 g/mol. The molecule has 2 aromatic heterocycles. The second kappa shape index (κ2) is 5.38. The van der Waals surface area contributed by atoms with Gasteiger partial charge in [-0.15, -0.1) is 4.91 Å². The number of ether oxygens (including phenoxy) is 1. The zero-order valence-corrected chi connectivity index (χ0v) is 12.8. The number of pyridine rings is 1. The molecule has 122 valence electrons. The minimum Gasteiger partial charge on any atom is -0.479 e. The lowest BCUT2D eigenvalue weighted by molar-refractivity contribution is 0.0502. The number of hydrogen-bond donors (Lipinski definition) is 1. The van der Waals surface area contributed by atoms with E-state index in [0.717, 1.165) is 11.1 Å². The highest BCUT2D eigenvalue weighted by Gasteiger charge is 2.33. The fourth-order valence-electron chi connectivity index (χ4n) is 3.19. The summed E-state index contributed by atoms with van der Waals surface area (Å²) in [4.78, 5) is 15.3. The lowest BCUT2D eigenvalue weighted by atomic mass is 10.1. The minimum atomic E-state index is -0.776. The Morgan fingerprint density at radius 2 is 2.25 bits per heavy atom. The van der Waals surface area contributed by atoms with Gasteiger partial charge in [0.25, 0.3) is 0 Å². The number of imidazole rings is 1. The summed E-state index contributed by atoms with van der Waals surface area (Å²) in [6, 6.07) is 7.81. The Morgan fingerprint density at radius 3 is 3.04 bits per heavy atom. The minimum absolute atomic E-state index is 0.213. The summed E-state index contributed by atoms with van der Waals surface area (Å²) in [5.74, 6) is 0.302. The van der Waals surface area contributed by atoms with Gasteiger partial charge >= 0.3 is 0 Å². The number of nitroso groups, excluding NO2 is 1. The number of aliphatic hydroxyl groups is 1. The SMILES string of the molecule is Cc1nc2c(O[C@@H]3c4ccc(F)cc4C[C@H]3O)cccn2c1N=O. The van der Waals surface area contributed by atoms with Crippen molar-refractivity contribution in [3.8, 4) is 5.75 Å². The van der Waals surface area contributed by atoms with Crippen molar-refractivity contribution < 1.29 is 14.2 Å². The number of aromatic nitrogens is 2. The Balaban J connectivity index is 1.77. The van der Waals surface area contributed by atoms with Gasteiger partial charge in [0.2, 0.25) is 5.82 Å². The van der Waals surface area contributed by atoms with Crippen molar-refractivity contribution in [3.63, 3.8) is 0 Å². The van der Waals surface area contributed by atoms with Gasteiger partial charge in [-0.1, -0.05) is 6.07 Å². The molecule has 0 saturated heterocycles. The molecule has 2 heterocycles. The largest absolute Gasteiger partial charge is 0.479 e. The first-order valence-corrected chi connectivity index (χ1v) is 7.52. The maximum absolute atomic E-state index is 13.4. The Bertz CT molecular complexity index is 954. The van der Waals surface area contributed by atoms with Crippen LogP contribution in [0.2, 0.25) is 0 Å². The average molecular weight is 327 g/mol. The molecule has 1 N–H and O–H groups in total. The molecule has 6 nitrogen and oxygen atoms in total. The smallest absolute Gasteiger partial charge is 0.204 e. The fraction of sp³-hybridized carbons (Fsp3) is 0.235. The topological polar surface area (TPSA) is 76.2 Å². The molecule has 0 fully saturated rings. The van der Waals surface area contributed by atoms with Gasteiger partial charge in [0.15, 0.2) is 17.5 Å². The number of halogens is 1. The Hall–Kier alpha value is -2.80. The molecular formula is C17H14FN3O3. The van der Waals surface area contributed by atoms with Crippen molar-refractivity contribution in [3.05, 3.63) is 64.1 Å². The quantitative estimate of drug-likeness (QED) is 0.749. The van der Waals surface area contributed by atoms with Gasteiger partial charge in [-0.3, -0.25) is 4.40 Å². The van der Waals surface area contributed by atoms with E-state index in [0.29, 0.717) is 23.5 Å². The molecule has 24 heavy (non-hydrogen) atoms. The molecule has 0 aliphatic heterocycles. The molecule has 0 amide bonds. The van der Waals surface area contributed by atoms with Crippen LogP contribution >= 0.6 is 0 Å². The predicted molar refractivity (Wildman–Crippen MR) is 84.9 cm³/mol. The molecule has 0 unspecified atom stereocenters. The van der Waals surface area contributed by atoms with E-state index in [9.17, 15) is 14.4 Å². The van der Waals surface area contributed by atoms with Crippen molar-refractivity contribution in [2.75, 3.05) is 0 Å². The highest BCUT2D eigenvalue weighted by Crippen LogP contribution is 2.37. The summed E-state index contributed by atoms with van der Waals surface area (Å²) in [6.45, 7) is 1.69. The zero-order chi connectivity index (χ0) is 16.8. The second-order valence-corrected chi connectivity index (χ2v) is 5.83. The molecule has 0 bridgehead atoms. The van der Waals surface area contributed by atoms with E-state index in [1.54, 1.807) is 35.7 Å². The van der Waals surface area contributed by atoms with E-state index < -0.39 is 12.2 Å². The molecule has 3 aromatic rings. The zero-order valence-electron chi connectivity index (χ0n) is 12.8. The lowest BCUT2D eigenvalue weighted by Gasteiger charge is -2.18. The molecule has 1 aromatic carbocycles. The molecule has 2 atom stereocenters. The highest BCUT2D eigenvalue weighted by molar-refractivity contribution is 5.61. The van der Waals surface area contributed by atoms with Gasteiger partial charge in [0.1, 0.15) is 5.82 Å². The van der Waals surface area contributed by atoms with Crippen LogP contribution in [0.15, 0.2) is 41.7 Å². The van der Waals surface area contributed by atoms with Crippen LogP contribution in [0.3, 0.4) is 0 Å². The van der Waals surface area contributed by atoms with Gasteiger partial charge in [-0.05, 0) is 47.5 Å². The summed E-state index contributed by atoms with van der Waals surface area (Å²) in [6.07, 6.45) is 0.612. The molecule has 1 aliphatic carbocycles. The normalized spacial score (nSPS) is 19.5. The summed E-state index contributed by atoms with van der Waals surface area (Å²) in [5, 5.41) is 13.3. The number of fused-ring (bicyclic) bond motifs is 2. The summed E-state index contributed by atoms with van der Waals surface area (Å²) >= 11 is 0. The third-order valence-corrected chi connectivity index (χ3v) is 4.29. The second-order valence-electron chi connectivity index (χ2n) is 5.83. The summed E-state index contributed by atoms with van der Waals surface area (Å²) < 4.78 is 20.9. The van der Waals surface area contributed by atoms with Gasteiger partial charge in [0.05, 0.1) is 11.8 Å². The first kappa shape index (κ1) is 14.8. The maximum atomic E-state index is 13.4. The number of rotatable bonds is 3. The number of nitrogens with zero attached hydrogens (tertiary/aromatic N) is 3. The standard InChI is InChI=1S/C17H14FN3O3/c1-9-16(20-23)21-6-2-3-14(17(21)19-9)24-15-12-5-4-11(18)7-10(12)8-13(15)22/h2-7,13,15,22H,8H2,1H3/t13-,15-/m1/s1. The highest BCUT2D eigenvalue weighted by atomic mass is 19.1. The number of aryl methyl sites for hydroxylation is 1. The van der Waals surface area contributed by atoms with Crippen molar-refractivity contribution >= 4 is 11.5 Å². The Labute approximate surface area is 136 Å². The number of aliphatic hydroxyl groups excluding tert-OH is 1. The molecule has 4 rings (SSSR count). The van der Waals surface area contributed by atoms with Crippen LogP contribution in [-0.2, 0) is 6.42 Å². The van der Waals surface area contributed by atoms with Crippen LogP contribution in [-0.4, -0.2) is 20.6 Å². The van der Waals surface area contributed by atoms with Crippen molar-refractivity contribution in [2.24, 2.45) is 5.18 Å². The first-order chi connectivity index (χ1) is 11.6. The Kier molecular flexibility index (Phi) is 3.31. The molecule has 1 aliphatic rings. The summed E-state index contributed by atoms with van der Waals surface area (Å²) in [5.41, 5.74) is 2.43. The van der Waals surface area contributed by atoms with Gasteiger partial charge in [-0.25, -0.2) is 9.37 Å². The van der Waals surface area contributed by atoms with Gasteiger partial charge in [-0.2, -0.15) is 0 Å². The number of hydrogen-bond acceptors (Lipinski definition) is 5. The van der Waals surface area contributed by atoms with E-state index in [1.807, 2.05) is 0 Å². The van der Waals surface area contributed by atoms with Crippen LogP contribution in [0.5, 0.6) is 5.75 Å². The Morgan fingerprint density at radius 1 is 1.42 bits per heavy atom. The van der Waals surface area contributed by atoms with Crippen LogP contribution < -0.4 is 4.74 Å². The van der Waals surface area contributed by atoms with Crippen molar-refractivity contribution in [1.82, 2.24) is 9.38 Å². The van der Waals surface area contributed by atoms with Crippen LogP contribution in [0.1, 0.15) is 22.9 Å². The number of benzene rings is 1. The van der Waals surface area contributed by atoms with Gasteiger partial charge < -0.3 is 9.84 Å². The van der Waals surface area contributed by atoms with Crippen LogP contribution in [0.4, 0.5) is 10.2 Å². The van der Waals surface area contributed by atoms with E-state index in [4.69, 9.17) is 4.74 Å². The van der Waals surface area contributed by atoms with E-state index in [1.165, 1.54) is 12.1 Å². The van der Waals surface area contributed by atoms with Gasteiger partial charge in [0, 0.05) is 12.6 Å². The van der Waals surface area contributed by atoms with Crippen LogP contribution in [0, 0.1) is 17.6 Å². The maximum Gasteiger partial charge on any atom is 0.204 e. The van der Waals surface area contributed by atoms with E-state index in [-0.39, 0.29) is 11.6 Å². The molecule has 0 radical (unpaired) electrons. The monoisotopic (exact) mass is 327 g/mol. The molecule has 7 heteroatoms.